The van der Waals surface area contributed by atoms with Gasteiger partial charge in [0.15, 0.2) is 6.10 Å². The number of benzene rings is 2. The minimum Gasteiger partial charge on any atom is -0.368 e. The van der Waals surface area contributed by atoms with Crippen molar-refractivity contribution in [2.45, 2.75) is 18.6 Å². The number of nitrogens with two attached hydrogens (primary N) is 1. The van der Waals surface area contributed by atoms with E-state index in [1.807, 2.05) is 0 Å². The fourth-order valence-corrected chi connectivity index (χ4v) is 2.57. The first kappa shape index (κ1) is 19.1. The quantitative estimate of drug-likeness (QED) is 0.547. The number of methoxy groups -OCH3 is 1. The summed E-state index contributed by atoms with van der Waals surface area (Å²) in [6, 6.07) is 13.6. The zero-order valence-corrected chi connectivity index (χ0v) is 14.1. The third-order valence-corrected chi connectivity index (χ3v) is 3.85. The minimum absolute atomic E-state index is 0.0938. The molecular formula is C18H19N3O5. The van der Waals surface area contributed by atoms with Crippen molar-refractivity contribution in [1.82, 2.24) is 5.32 Å². The van der Waals surface area contributed by atoms with Crippen LogP contribution in [0.5, 0.6) is 0 Å². The average molecular weight is 357 g/mol. The van der Waals surface area contributed by atoms with Crippen molar-refractivity contribution >= 4 is 17.5 Å². The van der Waals surface area contributed by atoms with Crippen LogP contribution in [0.2, 0.25) is 0 Å². The Kier molecular flexibility index (Phi) is 6.40. The fourth-order valence-electron chi connectivity index (χ4n) is 2.57. The van der Waals surface area contributed by atoms with Crippen LogP contribution in [-0.2, 0) is 20.7 Å². The van der Waals surface area contributed by atoms with E-state index < -0.39 is 28.9 Å². The molecule has 8 nitrogen and oxygen atoms in total. The van der Waals surface area contributed by atoms with E-state index in [9.17, 15) is 19.7 Å². The molecule has 2 atom stereocenters. The van der Waals surface area contributed by atoms with Crippen LogP contribution in [0, 0.1) is 10.1 Å². The summed E-state index contributed by atoms with van der Waals surface area (Å²) in [7, 11) is 1.37. The lowest BCUT2D eigenvalue weighted by Crippen LogP contribution is -2.47. The van der Waals surface area contributed by atoms with Gasteiger partial charge in [-0.3, -0.25) is 19.7 Å². The van der Waals surface area contributed by atoms with E-state index in [4.69, 9.17) is 10.5 Å². The molecule has 2 amide bonds. The Bertz CT molecular complexity index is 794. The Balaban J connectivity index is 2.19. The number of para-hydroxylation sites is 1. The molecule has 0 saturated heterocycles. The monoisotopic (exact) mass is 357 g/mol. The van der Waals surface area contributed by atoms with Crippen molar-refractivity contribution in [3.8, 4) is 0 Å². The van der Waals surface area contributed by atoms with Crippen molar-refractivity contribution in [2.24, 2.45) is 5.73 Å². The summed E-state index contributed by atoms with van der Waals surface area (Å²) in [5.74, 6) is -1.35. The predicted octanol–water partition coefficient (Wildman–Crippen LogP) is 1.50. The number of ether oxygens (including phenoxy) is 1. The Hall–Kier alpha value is -3.26. The van der Waals surface area contributed by atoms with Gasteiger partial charge in [0.05, 0.1) is 4.92 Å². The van der Waals surface area contributed by atoms with Gasteiger partial charge in [0.2, 0.25) is 5.91 Å². The molecule has 0 fully saturated rings. The summed E-state index contributed by atoms with van der Waals surface area (Å²) >= 11 is 0. The van der Waals surface area contributed by atoms with Crippen LogP contribution in [0.1, 0.15) is 17.2 Å². The molecule has 2 rings (SSSR count). The van der Waals surface area contributed by atoms with Gasteiger partial charge in [-0.2, -0.15) is 0 Å². The number of nitro groups is 1. The standard InChI is InChI=1S/C18H19N3O5/c1-26-16(12-7-3-2-4-8-12)18(23)20-14(17(19)22)11-13-9-5-6-10-15(13)21(24)25/h2-10,14,16H,11H2,1H3,(H2,19,22)(H,20,23)/t14-,16+/m0/s1. The highest BCUT2D eigenvalue weighted by Gasteiger charge is 2.27. The number of nitrogens with one attached hydrogen (secondary N) is 1. The van der Waals surface area contributed by atoms with Crippen molar-refractivity contribution in [3.63, 3.8) is 0 Å². The number of hydrogen-bond acceptors (Lipinski definition) is 5. The number of nitro benzene ring substituents is 1. The number of carbonyl (C=O) groups is 2. The van der Waals surface area contributed by atoms with E-state index in [2.05, 4.69) is 5.32 Å². The lowest BCUT2D eigenvalue weighted by atomic mass is 10.0. The molecule has 0 aliphatic rings. The minimum atomic E-state index is -1.11. The Morgan fingerprint density at radius 1 is 1.15 bits per heavy atom. The molecule has 2 aromatic rings. The molecule has 0 saturated carbocycles. The first-order chi connectivity index (χ1) is 12.4. The third-order valence-electron chi connectivity index (χ3n) is 3.85. The van der Waals surface area contributed by atoms with E-state index in [1.54, 1.807) is 36.4 Å². The summed E-state index contributed by atoms with van der Waals surface area (Å²) in [5.41, 5.74) is 6.15. The maximum absolute atomic E-state index is 12.5. The van der Waals surface area contributed by atoms with Crippen LogP contribution in [0.3, 0.4) is 0 Å². The zero-order chi connectivity index (χ0) is 19.1. The van der Waals surface area contributed by atoms with E-state index in [1.165, 1.54) is 25.3 Å². The van der Waals surface area contributed by atoms with Gasteiger partial charge in [-0.15, -0.1) is 0 Å². The zero-order valence-electron chi connectivity index (χ0n) is 14.1. The second-order valence-electron chi connectivity index (χ2n) is 5.58. The Morgan fingerprint density at radius 3 is 2.35 bits per heavy atom. The van der Waals surface area contributed by atoms with Crippen LogP contribution in [0.15, 0.2) is 54.6 Å². The summed E-state index contributed by atoms with van der Waals surface area (Å²) in [4.78, 5) is 34.9. The lowest BCUT2D eigenvalue weighted by molar-refractivity contribution is -0.385. The van der Waals surface area contributed by atoms with Crippen molar-refractivity contribution in [3.05, 3.63) is 75.8 Å². The summed E-state index contributed by atoms with van der Waals surface area (Å²) in [6.45, 7) is 0. The molecule has 3 N–H and O–H groups in total. The summed E-state index contributed by atoms with van der Waals surface area (Å²) < 4.78 is 5.22. The molecule has 0 heterocycles. The van der Waals surface area contributed by atoms with Crippen LogP contribution in [0.25, 0.3) is 0 Å². The number of nitrogens with zero attached hydrogens (tertiary/aromatic N) is 1. The van der Waals surface area contributed by atoms with E-state index >= 15 is 0 Å². The molecule has 0 radical (unpaired) electrons. The topological polar surface area (TPSA) is 125 Å². The van der Waals surface area contributed by atoms with Gasteiger partial charge in [-0.1, -0.05) is 48.5 Å². The lowest BCUT2D eigenvalue weighted by Gasteiger charge is -2.20. The maximum atomic E-state index is 12.5. The highest BCUT2D eigenvalue weighted by molar-refractivity contribution is 5.89. The molecule has 8 heteroatoms. The Labute approximate surface area is 150 Å². The number of amides is 2. The smallest absolute Gasteiger partial charge is 0.272 e. The second kappa shape index (κ2) is 8.72. The molecule has 0 unspecified atom stereocenters. The van der Waals surface area contributed by atoms with Crippen LogP contribution in [0.4, 0.5) is 5.69 Å². The fraction of sp³-hybridized carbons (Fsp3) is 0.222. The highest BCUT2D eigenvalue weighted by Crippen LogP contribution is 2.20. The largest absolute Gasteiger partial charge is 0.368 e. The molecule has 26 heavy (non-hydrogen) atoms. The molecule has 0 aromatic heterocycles. The van der Waals surface area contributed by atoms with Gasteiger partial charge in [0.1, 0.15) is 6.04 Å². The molecule has 136 valence electrons. The van der Waals surface area contributed by atoms with Gasteiger partial charge >= 0.3 is 0 Å². The highest BCUT2D eigenvalue weighted by atomic mass is 16.6. The second-order valence-corrected chi connectivity index (χ2v) is 5.58. The molecule has 0 aliphatic heterocycles. The van der Waals surface area contributed by atoms with Crippen molar-refractivity contribution in [1.29, 1.82) is 0 Å². The molecule has 0 aliphatic carbocycles. The summed E-state index contributed by atoms with van der Waals surface area (Å²) in [5, 5.41) is 13.6. The number of hydrogen-bond donors (Lipinski definition) is 2. The summed E-state index contributed by atoms with van der Waals surface area (Å²) in [6.07, 6.45) is -1.02. The predicted molar refractivity (Wildman–Crippen MR) is 94.1 cm³/mol. The van der Waals surface area contributed by atoms with Gasteiger partial charge in [0, 0.05) is 25.2 Å². The normalized spacial score (nSPS) is 12.8. The van der Waals surface area contributed by atoms with E-state index in [0.717, 1.165) is 0 Å². The average Bonchev–Trinajstić information content (AvgIpc) is 2.63. The molecule has 0 bridgehead atoms. The third kappa shape index (κ3) is 4.64. The van der Waals surface area contributed by atoms with Crippen LogP contribution in [-0.4, -0.2) is 29.9 Å². The van der Waals surface area contributed by atoms with E-state index in [-0.39, 0.29) is 12.1 Å². The van der Waals surface area contributed by atoms with Crippen molar-refractivity contribution < 1.29 is 19.2 Å². The van der Waals surface area contributed by atoms with Gasteiger partial charge in [0.25, 0.3) is 11.6 Å². The molecular weight excluding hydrogens is 338 g/mol. The Morgan fingerprint density at radius 2 is 1.77 bits per heavy atom. The number of rotatable bonds is 8. The van der Waals surface area contributed by atoms with Gasteiger partial charge in [-0.05, 0) is 5.56 Å². The van der Waals surface area contributed by atoms with Crippen LogP contribution >= 0.6 is 0 Å². The van der Waals surface area contributed by atoms with Crippen LogP contribution < -0.4 is 11.1 Å². The molecule has 2 aromatic carbocycles. The van der Waals surface area contributed by atoms with E-state index in [0.29, 0.717) is 11.1 Å². The van der Waals surface area contributed by atoms with Crippen molar-refractivity contribution in [2.75, 3.05) is 7.11 Å². The number of carbonyl (C=O) groups excluding carboxylic acids is 2. The van der Waals surface area contributed by atoms with Gasteiger partial charge in [-0.25, -0.2) is 0 Å². The first-order valence-corrected chi connectivity index (χ1v) is 7.83. The maximum Gasteiger partial charge on any atom is 0.272 e. The molecule has 0 spiro atoms. The number of primary amides is 1. The first-order valence-electron chi connectivity index (χ1n) is 7.83. The van der Waals surface area contributed by atoms with Gasteiger partial charge < -0.3 is 15.8 Å². The SMILES string of the molecule is CO[C@@H](C(=O)N[C@@H](Cc1ccccc1[N+](=O)[O-])C(N)=O)c1ccccc1.